The minimum Gasteiger partial charge on any atom is -0.481 e. The minimum absolute atomic E-state index is 0.122. The Morgan fingerprint density at radius 1 is 0.972 bits per heavy atom. The van der Waals surface area contributed by atoms with Crippen LogP contribution >= 0.6 is 11.6 Å². The Hall–Kier alpha value is -2.34. The SMILES string of the molecule is O=C(O)CC1CCC(NC(=O)C(c2c3c(nn2-c2ccc(Cl)cc2)CCCC3)C2CCCCC2)CC1. The number of aliphatic carboxylic acids is 1. The van der Waals surface area contributed by atoms with Crippen molar-refractivity contribution >= 4 is 23.5 Å². The monoisotopic (exact) mass is 511 g/mol. The molecule has 0 spiro atoms. The molecule has 1 amide bonds. The lowest BCUT2D eigenvalue weighted by Gasteiger charge is -2.34. The summed E-state index contributed by atoms with van der Waals surface area (Å²) >= 11 is 6.19. The molecule has 6 nitrogen and oxygen atoms in total. The van der Waals surface area contributed by atoms with Gasteiger partial charge in [-0.15, -0.1) is 0 Å². The van der Waals surface area contributed by atoms with Gasteiger partial charge in [0.05, 0.1) is 23.0 Å². The van der Waals surface area contributed by atoms with E-state index in [4.69, 9.17) is 21.8 Å². The summed E-state index contributed by atoms with van der Waals surface area (Å²) in [6.45, 7) is 0. The topological polar surface area (TPSA) is 84.2 Å². The summed E-state index contributed by atoms with van der Waals surface area (Å²) < 4.78 is 2.05. The first-order valence-corrected chi connectivity index (χ1v) is 14.3. The fourth-order valence-corrected chi connectivity index (χ4v) is 6.88. The van der Waals surface area contributed by atoms with Gasteiger partial charge in [-0.1, -0.05) is 30.9 Å². The van der Waals surface area contributed by atoms with Gasteiger partial charge in [0.1, 0.15) is 0 Å². The maximum Gasteiger partial charge on any atom is 0.303 e. The molecule has 1 unspecified atom stereocenters. The highest BCUT2D eigenvalue weighted by Gasteiger charge is 2.38. The van der Waals surface area contributed by atoms with Gasteiger partial charge in [0, 0.05) is 17.5 Å². The number of amides is 1. The number of aromatic nitrogens is 2. The summed E-state index contributed by atoms with van der Waals surface area (Å²) in [5.74, 6) is -0.266. The first-order valence-electron chi connectivity index (χ1n) is 13.9. The first kappa shape index (κ1) is 25.3. The molecule has 1 aromatic heterocycles. The average Bonchev–Trinajstić information content (AvgIpc) is 3.25. The predicted molar refractivity (Wildman–Crippen MR) is 141 cm³/mol. The minimum atomic E-state index is -0.722. The molecule has 194 valence electrons. The third-order valence-electron chi connectivity index (χ3n) is 8.62. The van der Waals surface area contributed by atoms with Crippen LogP contribution in [0.5, 0.6) is 0 Å². The molecule has 2 saturated carbocycles. The van der Waals surface area contributed by atoms with E-state index in [-0.39, 0.29) is 30.2 Å². The van der Waals surface area contributed by atoms with Crippen molar-refractivity contribution in [3.63, 3.8) is 0 Å². The van der Waals surface area contributed by atoms with E-state index in [2.05, 4.69) is 10.00 Å². The molecule has 0 bridgehead atoms. The third-order valence-corrected chi connectivity index (χ3v) is 8.87. The van der Waals surface area contributed by atoms with Crippen LogP contribution in [-0.2, 0) is 22.4 Å². The molecule has 1 atom stereocenters. The first-order chi connectivity index (χ1) is 17.5. The molecular formula is C29H38ClN3O3. The number of halogens is 1. The average molecular weight is 512 g/mol. The zero-order chi connectivity index (χ0) is 25.1. The van der Waals surface area contributed by atoms with Gasteiger partial charge in [0.2, 0.25) is 5.91 Å². The Morgan fingerprint density at radius 3 is 2.36 bits per heavy atom. The smallest absolute Gasteiger partial charge is 0.303 e. The summed E-state index contributed by atoms with van der Waals surface area (Å²) in [7, 11) is 0. The van der Waals surface area contributed by atoms with Crippen LogP contribution < -0.4 is 5.32 Å². The molecule has 3 aliphatic rings. The zero-order valence-corrected chi connectivity index (χ0v) is 21.8. The van der Waals surface area contributed by atoms with Crippen molar-refractivity contribution in [2.24, 2.45) is 11.8 Å². The van der Waals surface area contributed by atoms with Gasteiger partial charge >= 0.3 is 5.97 Å². The molecule has 3 aliphatic carbocycles. The second-order valence-corrected chi connectivity index (χ2v) is 11.5. The zero-order valence-electron chi connectivity index (χ0n) is 21.1. The van der Waals surface area contributed by atoms with E-state index < -0.39 is 5.97 Å². The number of carbonyl (C=O) groups is 2. The lowest BCUT2D eigenvalue weighted by Crippen LogP contribution is -2.43. The number of benzene rings is 1. The van der Waals surface area contributed by atoms with E-state index in [1.165, 1.54) is 24.8 Å². The quantitative estimate of drug-likeness (QED) is 0.462. The molecule has 1 heterocycles. The van der Waals surface area contributed by atoms with E-state index in [0.717, 1.165) is 81.3 Å². The van der Waals surface area contributed by atoms with E-state index >= 15 is 0 Å². The number of rotatable bonds is 7. The van der Waals surface area contributed by atoms with Crippen LogP contribution in [0.1, 0.15) is 99.9 Å². The highest BCUT2D eigenvalue weighted by molar-refractivity contribution is 6.30. The van der Waals surface area contributed by atoms with Crippen molar-refractivity contribution in [3.8, 4) is 5.69 Å². The van der Waals surface area contributed by atoms with Crippen molar-refractivity contribution < 1.29 is 14.7 Å². The summed E-state index contributed by atoms with van der Waals surface area (Å²) in [5, 5.41) is 18.3. The highest BCUT2D eigenvalue weighted by atomic mass is 35.5. The van der Waals surface area contributed by atoms with Crippen molar-refractivity contribution in [3.05, 3.63) is 46.2 Å². The molecule has 5 rings (SSSR count). The van der Waals surface area contributed by atoms with Crippen LogP contribution in [0.15, 0.2) is 24.3 Å². The van der Waals surface area contributed by atoms with Crippen LogP contribution in [0.4, 0.5) is 0 Å². The van der Waals surface area contributed by atoms with Gasteiger partial charge in [-0.05, 0) is 106 Å². The molecule has 36 heavy (non-hydrogen) atoms. The second kappa shape index (κ2) is 11.4. The maximum absolute atomic E-state index is 14.1. The largest absolute Gasteiger partial charge is 0.481 e. The normalized spacial score (nSPS) is 23.6. The summed E-state index contributed by atoms with van der Waals surface area (Å²) in [6, 6.07) is 7.92. The second-order valence-electron chi connectivity index (χ2n) is 11.1. The van der Waals surface area contributed by atoms with Crippen molar-refractivity contribution in [2.45, 2.75) is 102 Å². The van der Waals surface area contributed by atoms with Crippen molar-refractivity contribution in [1.82, 2.24) is 15.1 Å². The number of carboxylic acid groups (broad SMARTS) is 1. The molecular weight excluding hydrogens is 474 g/mol. The van der Waals surface area contributed by atoms with Crippen LogP contribution in [0.3, 0.4) is 0 Å². The van der Waals surface area contributed by atoms with Gasteiger partial charge in [0.25, 0.3) is 0 Å². The third kappa shape index (κ3) is 5.64. The van der Waals surface area contributed by atoms with Gasteiger partial charge in [0.15, 0.2) is 0 Å². The number of carbonyl (C=O) groups excluding carboxylic acids is 1. The van der Waals surface area contributed by atoms with Crippen molar-refractivity contribution in [2.75, 3.05) is 0 Å². The Bertz CT molecular complexity index is 1070. The van der Waals surface area contributed by atoms with Crippen LogP contribution in [0.2, 0.25) is 5.02 Å². The summed E-state index contributed by atoms with van der Waals surface area (Å²) in [4.78, 5) is 25.2. The van der Waals surface area contributed by atoms with Crippen LogP contribution in [0.25, 0.3) is 5.69 Å². The number of aryl methyl sites for hydroxylation is 1. The number of carboxylic acids is 1. The number of nitrogens with zero attached hydrogens (tertiary/aromatic N) is 2. The summed E-state index contributed by atoms with van der Waals surface area (Å²) in [6.07, 6.45) is 13.6. The van der Waals surface area contributed by atoms with E-state index in [1.807, 2.05) is 24.3 Å². The van der Waals surface area contributed by atoms with Crippen LogP contribution in [0, 0.1) is 11.8 Å². The van der Waals surface area contributed by atoms with Gasteiger partial charge < -0.3 is 10.4 Å². The predicted octanol–water partition coefficient (Wildman–Crippen LogP) is 6.22. The van der Waals surface area contributed by atoms with E-state index in [1.54, 1.807) is 0 Å². The molecule has 0 saturated heterocycles. The molecule has 2 fully saturated rings. The van der Waals surface area contributed by atoms with E-state index in [9.17, 15) is 9.59 Å². The molecule has 0 radical (unpaired) electrons. The van der Waals surface area contributed by atoms with Gasteiger partial charge in [-0.2, -0.15) is 5.10 Å². The van der Waals surface area contributed by atoms with Gasteiger partial charge in [-0.25, -0.2) is 4.68 Å². The number of hydrogen-bond acceptors (Lipinski definition) is 3. The van der Waals surface area contributed by atoms with Gasteiger partial charge in [-0.3, -0.25) is 9.59 Å². The number of nitrogens with one attached hydrogen (secondary N) is 1. The van der Waals surface area contributed by atoms with Crippen LogP contribution in [-0.4, -0.2) is 32.8 Å². The van der Waals surface area contributed by atoms with Crippen molar-refractivity contribution in [1.29, 1.82) is 0 Å². The molecule has 2 aromatic rings. The number of hydrogen-bond donors (Lipinski definition) is 2. The molecule has 2 N–H and O–H groups in total. The fraction of sp³-hybridized carbons (Fsp3) is 0.621. The standard InChI is InChI=1S/C29H38ClN3O3/c30-21-12-16-23(17-13-21)33-28(24-8-4-5-9-25(24)32-33)27(20-6-2-1-3-7-20)29(36)31-22-14-10-19(11-15-22)18-26(34)35/h12-13,16-17,19-20,22,27H,1-11,14-15,18H2,(H,31,36)(H,34,35). The number of fused-ring (bicyclic) bond motifs is 1. The Balaban J connectivity index is 1.46. The Morgan fingerprint density at radius 2 is 1.67 bits per heavy atom. The van der Waals surface area contributed by atoms with E-state index in [0.29, 0.717) is 10.9 Å². The maximum atomic E-state index is 14.1. The fourth-order valence-electron chi connectivity index (χ4n) is 6.75. The Kier molecular flexibility index (Phi) is 8.00. The molecule has 0 aliphatic heterocycles. The molecule has 7 heteroatoms. The Labute approximate surface area is 218 Å². The summed E-state index contributed by atoms with van der Waals surface area (Å²) in [5.41, 5.74) is 4.49. The lowest BCUT2D eigenvalue weighted by molar-refractivity contribution is -0.138. The lowest BCUT2D eigenvalue weighted by atomic mass is 9.75. The highest BCUT2D eigenvalue weighted by Crippen LogP contribution is 2.41. The molecule has 1 aromatic carbocycles.